The van der Waals surface area contributed by atoms with Crippen molar-refractivity contribution in [1.29, 1.82) is 0 Å². The summed E-state index contributed by atoms with van der Waals surface area (Å²) in [6.45, 7) is 7.88. The van der Waals surface area contributed by atoms with E-state index in [1.807, 2.05) is 50.2 Å². The number of methoxy groups -OCH3 is 1. The Morgan fingerprint density at radius 2 is 1.82 bits per heavy atom. The molecule has 2 heterocycles. The first-order chi connectivity index (χ1) is 15.9. The van der Waals surface area contributed by atoms with E-state index in [1.165, 1.54) is 12.7 Å². The molecule has 1 unspecified atom stereocenters. The predicted molar refractivity (Wildman–Crippen MR) is 127 cm³/mol. The van der Waals surface area contributed by atoms with Gasteiger partial charge in [0.05, 0.1) is 7.11 Å². The highest BCUT2D eigenvalue weighted by Gasteiger charge is 2.42. The monoisotopic (exact) mass is 448 g/mol. The van der Waals surface area contributed by atoms with Crippen LogP contribution in [0.2, 0.25) is 0 Å². The van der Waals surface area contributed by atoms with Crippen molar-refractivity contribution in [3.8, 4) is 17.2 Å². The van der Waals surface area contributed by atoms with Gasteiger partial charge in [-0.25, -0.2) is 4.98 Å². The van der Waals surface area contributed by atoms with Crippen molar-refractivity contribution in [3.05, 3.63) is 71.1 Å². The number of hydrogen-bond donors (Lipinski definition) is 0. The van der Waals surface area contributed by atoms with Crippen LogP contribution in [0.5, 0.6) is 5.75 Å². The van der Waals surface area contributed by atoms with E-state index in [2.05, 4.69) is 28.9 Å². The summed E-state index contributed by atoms with van der Waals surface area (Å²) in [5, 5.41) is 0. The molecule has 0 bridgehead atoms. The molecule has 1 aliphatic rings. The molecule has 33 heavy (non-hydrogen) atoms. The van der Waals surface area contributed by atoms with Crippen molar-refractivity contribution < 1.29 is 18.7 Å². The number of likely N-dealkylation sites (tertiary alicyclic amines) is 1. The molecule has 1 atom stereocenters. The maximum Gasteiger partial charge on any atom is 0.325 e. The van der Waals surface area contributed by atoms with E-state index < -0.39 is 5.54 Å². The van der Waals surface area contributed by atoms with Crippen molar-refractivity contribution in [2.75, 3.05) is 13.7 Å². The van der Waals surface area contributed by atoms with Crippen LogP contribution >= 0.6 is 0 Å². The highest BCUT2D eigenvalue weighted by atomic mass is 16.5. The van der Waals surface area contributed by atoms with E-state index in [9.17, 15) is 4.79 Å². The summed E-state index contributed by atoms with van der Waals surface area (Å²) in [6.07, 6.45) is 2.96. The Labute approximate surface area is 195 Å². The van der Waals surface area contributed by atoms with Gasteiger partial charge in [0.2, 0.25) is 5.89 Å². The van der Waals surface area contributed by atoms with E-state index in [0.29, 0.717) is 19.0 Å². The maximum atomic E-state index is 12.4. The van der Waals surface area contributed by atoms with Crippen LogP contribution in [0.3, 0.4) is 0 Å². The Balaban J connectivity index is 1.38. The molecule has 0 spiro atoms. The lowest BCUT2D eigenvalue weighted by atomic mass is 9.88. The first-order valence-corrected chi connectivity index (χ1v) is 11.5. The van der Waals surface area contributed by atoms with Crippen LogP contribution in [0.15, 0.2) is 52.9 Å². The number of aromatic nitrogens is 1. The summed E-state index contributed by atoms with van der Waals surface area (Å²) in [5.41, 5.74) is 3.51. The van der Waals surface area contributed by atoms with Crippen LogP contribution in [-0.4, -0.2) is 35.0 Å². The zero-order valence-corrected chi connectivity index (χ0v) is 19.9. The summed E-state index contributed by atoms with van der Waals surface area (Å²) in [4.78, 5) is 19.2. The minimum atomic E-state index is -0.568. The standard InChI is InChI=1S/C27H32N2O4/c1-19-7-11-22(12-8-19)25-28-24(20(2)33-25)18-32-23-13-9-21(10-14-23)17-29-16-6-5-15-27(29,3)26(30)31-4/h7-14H,5-6,15-18H2,1-4H3. The van der Waals surface area contributed by atoms with Crippen molar-refractivity contribution >= 4 is 5.97 Å². The number of piperidine rings is 1. The number of oxazole rings is 1. The number of rotatable bonds is 7. The Hall–Kier alpha value is -3.12. The van der Waals surface area contributed by atoms with Gasteiger partial charge in [-0.15, -0.1) is 0 Å². The van der Waals surface area contributed by atoms with Gasteiger partial charge in [-0.05, 0) is 76.4 Å². The lowest BCUT2D eigenvalue weighted by molar-refractivity contribution is -0.157. The maximum absolute atomic E-state index is 12.4. The fourth-order valence-electron chi connectivity index (χ4n) is 4.33. The SMILES string of the molecule is COC(=O)C1(C)CCCCN1Cc1ccc(OCc2nc(-c3ccc(C)cc3)oc2C)cc1. The van der Waals surface area contributed by atoms with Gasteiger partial charge in [0.1, 0.15) is 29.3 Å². The Morgan fingerprint density at radius 1 is 1.09 bits per heavy atom. The zero-order valence-electron chi connectivity index (χ0n) is 19.9. The van der Waals surface area contributed by atoms with Gasteiger partial charge in [0, 0.05) is 12.1 Å². The minimum absolute atomic E-state index is 0.157. The Bertz CT molecular complexity index is 1090. The molecule has 1 aromatic heterocycles. The molecule has 1 saturated heterocycles. The van der Waals surface area contributed by atoms with Crippen molar-refractivity contribution in [1.82, 2.24) is 9.88 Å². The first kappa shape index (κ1) is 23.1. The average molecular weight is 449 g/mol. The summed E-state index contributed by atoms with van der Waals surface area (Å²) in [6, 6.07) is 16.1. The third-order valence-corrected chi connectivity index (χ3v) is 6.53. The van der Waals surface area contributed by atoms with Crippen LogP contribution < -0.4 is 4.74 Å². The normalized spacial score (nSPS) is 18.8. The van der Waals surface area contributed by atoms with E-state index in [4.69, 9.17) is 13.9 Å². The molecule has 1 aliphatic heterocycles. The second-order valence-corrected chi connectivity index (χ2v) is 8.96. The van der Waals surface area contributed by atoms with Crippen LogP contribution in [-0.2, 0) is 22.7 Å². The lowest BCUT2D eigenvalue weighted by Crippen LogP contribution is -2.55. The summed E-state index contributed by atoms with van der Waals surface area (Å²) >= 11 is 0. The lowest BCUT2D eigenvalue weighted by Gasteiger charge is -2.42. The van der Waals surface area contributed by atoms with Gasteiger partial charge >= 0.3 is 5.97 Å². The number of carbonyl (C=O) groups is 1. The molecule has 0 amide bonds. The van der Waals surface area contributed by atoms with Crippen LogP contribution in [0.1, 0.15) is 48.8 Å². The molecular weight excluding hydrogens is 416 g/mol. The number of carbonyl (C=O) groups excluding carboxylic acids is 1. The molecule has 6 heteroatoms. The Kier molecular flexibility index (Phi) is 6.84. The second kappa shape index (κ2) is 9.79. The van der Waals surface area contributed by atoms with E-state index >= 15 is 0 Å². The smallest absolute Gasteiger partial charge is 0.325 e. The van der Waals surface area contributed by atoms with Crippen LogP contribution in [0.25, 0.3) is 11.5 Å². The third kappa shape index (κ3) is 5.11. The van der Waals surface area contributed by atoms with E-state index in [1.54, 1.807) is 0 Å². The largest absolute Gasteiger partial charge is 0.487 e. The predicted octanol–water partition coefficient (Wildman–Crippen LogP) is 5.46. The van der Waals surface area contributed by atoms with Crippen molar-refractivity contribution in [2.45, 2.75) is 58.7 Å². The third-order valence-electron chi connectivity index (χ3n) is 6.53. The van der Waals surface area contributed by atoms with Crippen LogP contribution in [0.4, 0.5) is 0 Å². The molecule has 3 aromatic rings. The number of benzene rings is 2. The minimum Gasteiger partial charge on any atom is -0.487 e. The van der Waals surface area contributed by atoms with E-state index in [-0.39, 0.29) is 5.97 Å². The number of ether oxygens (including phenoxy) is 2. The highest BCUT2D eigenvalue weighted by Crippen LogP contribution is 2.31. The number of esters is 1. The Morgan fingerprint density at radius 3 is 2.52 bits per heavy atom. The number of nitrogens with zero attached hydrogens (tertiary/aromatic N) is 2. The van der Waals surface area contributed by atoms with Gasteiger partial charge < -0.3 is 13.9 Å². The van der Waals surface area contributed by atoms with E-state index in [0.717, 1.165) is 54.1 Å². The fraction of sp³-hybridized carbons (Fsp3) is 0.407. The molecule has 0 saturated carbocycles. The summed E-state index contributed by atoms with van der Waals surface area (Å²) in [5.74, 6) is 1.98. The molecule has 2 aromatic carbocycles. The van der Waals surface area contributed by atoms with Gasteiger partial charge in [0.25, 0.3) is 0 Å². The zero-order chi connectivity index (χ0) is 23.4. The molecule has 0 radical (unpaired) electrons. The molecular formula is C27H32N2O4. The topological polar surface area (TPSA) is 64.8 Å². The number of hydrogen-bond acceptors (Lipinski definition) is 6. The number of aryl methyl sites for hydroxylation is 2. The molecule has 0 aliphatic carbocycles. The molecule has 1 fully saturated rings. The molecule has 6 nitrogen and oxygen atoms in total. The first-order valence-electron chi connectivity index (χ1n) is 11.5. The van der Waals surface area contributed by atoms with Gasteiger partial charge in [0.15, 0.2) is 0 Å². The van der Waals surface area contributed by atoms with Gasteiger partial charge in [-0.2, -0.15) is 0 Å². The van der Waals surface area contributed by atoms with Crippen LogP contribution in [0, 0.1) is 13.8 Å². The average Bonchev–Trinajstić information content (AvgIpc) is 3.20. The quantitative estimate of drug-likeness (QED) is 0.448. The fourth-order valence-corrected chi connectivity index (χ4v) is 4.33. The molecule has 4 rings (SSSR count). The summed E-state index contributed by atoms with van der Waals surface area (Å²) in [7, 11) is 1.47. The van der Waals surface area contributed by atoms with Crippen molar-refractivity contribution in [3.63, 3.8) is 0 Å². The summed E-state index contributed by atoms with van der Waals surface area (Å²) < 4.78 is 16.9. The van der Waals surface area contributed by atoms with Gasteiger partial charge in [-0.1, -0.05) is 29.8 Å². The second-order valence-electron chi connectivity index (χ2n) is 8.96. The molecule has 0 N–H and O–H groups in total. The van der Waals surface area contributed by atoms with Crippen molar-refractivity contribution in [2.24, 2.45) is 0 Å². The highest BCUT2D eigenvalue weighted by molar-refractivity contribution is 5.80. The van der Waals surface area contributed by atoms with Gasteiger partial charge in [-0.3, -0.25) is 9.69 Å². The molecule has 174 valence electrons.